The first-order valence-electron chi connectivity index (χ1n) is 7.95. The number of H-pyrrole nitrogens is 1. The van der Waals surface area contributed by atoms with Crippen LogP contribution in [0.25, 0.3) is 11.0 Å². The number of imidazole rings is 1. The van der Waals surface area contributed by atoms with Crippen LogP contribution in [0, 0.1) is 0 Å². The molecule has 0 bridgehead atoms. The third-order valence-electron chi connectivity index (χ3n) is 3.82. The molecule has 1 aromatic heterocycles. The van der Waals surface area contributed by atoms with Gasteiger partial charge in [0.05, 0.1) is 11.0 Å². The molecule has 1 heterocycles. The number of aromatic nitrogens is 2. The molecule has 1 aromatic carbocycles. The van der Waals surface area contributed by atoms with Gasteiger partial charge in [-0.3, -0.25) is 9.36 Å². The zero-order valence-corrected chi connectivity index (χ0v) is 13.9. The Balaban J connectivity index is 2.27. The SMILES string of the molecule is CCCCC(NC(=O)c1ccc2c(c1)[nH]c(=O)n2CC(F)(F)F)C(=O)O. The van der Waals surface area contributed by atoms with Crippen LogP contribution in [0.4, 0.5) is 13.2 Å². The Labute approximate surface area is 145 Å². The lowest BCUT2D eigenvalue weighted by Gasteiger charge is -2.14. The Morgan fingerprint density at radius 3 is 2.62 bits per heavy atom. The number of hydrogen-bond acceptors (Lipinski definition) is 3. The van der Waals surface area contributed by atoms with Crippen LogP contribution in [0.5, 0.6) is 0 Å². The fourth-order valence-electron chi connectivity index (χ4n) is 2.55. The Hall–Kier alpha value is -2.78. The van der Waals surface area contributed by atoms with Crippen LogP contribution in [-0.4, -0.2) is 38.8 Å². The topological polar surface area (TPSA) is 104 Å². The summed E-state index contributed by atoms with van der Waals surface area (Å²) >= 11 is 0. The summed E-state index contributed by atoms with van der Waals surface area (Å²) in [5.74, 6) is -1.85. The molecule has 0 saturated heterocycles. The van der Waals surface area contributed by atoms with E-state index in [9.17, 15) is 27.6 Å². The first-order valence-corrected chi connectivity index (χ1v) is 7.95. The summed E-state index contributed by atoms with van der Waals surface area (Å²) in [6.07, 6.45) is -2.93. The second kappa shape index (κ2) is 7.63. The van der Waals surface area contributed by atoms with Crippen molar-refractivity contribution in [2.45, 2.75) is 44.9 Å². The summed E-state index contributed by atoms with van der Waals surface area (Å²) in [4.78, 5) is 37.4. The minimum atomic E-state index is -4.57. The molecule has 2 rings (SSSR count). The van der Waals surface area contributed by atoms with E-state index in [1.54, 1.807) is 0 Å². The maximum Gasteiger partial charge on any atom is 0.406 e. The number of nitrogens with one attached hydrogen (secondary N) is 2. The van der Waals surface area contributed by atoms with Gasteiger partial charge in [-0.05, 0) is 24.6 Å². The van der Waals surface area contributed by atoms with Crippen molar-refractivity contribution in [3.63, 3.8) is 0 Å². The minimum Gasteiger partial charge on any atom is -0.480 e. The smallest absolute Gasteiger partial charge is 0.406 e. The van der Waals surface area contributed by atoms with Gasteiger partial charge in [-0.2, -0.15) is 13.2 Å². The third kappa shape index (κ3) is 4.64. The highest BCUT2D eigenvalue weighted by Crippen LogP contribution is 2.20. The Morgan fingerprint density at radius 2 is 2.04 bits per heavy atom. The predicted molar refractivity (Wildman–Crippen MR) is 87.0 cm³/mol. The van der Waals surface area contributed by atoms with Gasteiger partial charge in [0.15, 0.2) is 0 Å². The second-order valence-corrected chi connectivity index (χ2v) is 5.87. The molecule has 0 spiro atoms. The third-order valence-corrected chi connectivity index (χ3v) is 3.82. The molecule has 142 valence electrons. The zero-order valence-electron chi connectivity index (χ0n) is 13.9. The molecule has 1 amide bonds. The fourth-order valence-corrected chi connectivity index (χ4v) is 2.55. The van der Waals surface area contributed by atoms with Gasteiger partial charge < -0.3 is 15.4 Å². The predicted octanol–water partition coefficient (Wildman–Crippen LogP) is 2.27. The zero-order chi connectivity index (χ0) is 19.5. The number of nitrogens with zero attached hydrogens (tertiary/aromatic N) is 1. The van der Waals surface area contributed by atoms with Crippen LogP contribution in [0.2, 0.25) is 0 Å². The summed E-state index contributed by atoms with van der Waals surface area (Å²) in [5.41, 5.74) is -0.834. The largest absolute Gasteiger partial charge is 0.480 e. The maximum absolute atomic E-state index is 12.6. The normalized spacial score (nSPS) is 12.9. The molecule has 1 atom stereocenters. The quantitative estimate of drug-likeness (QED) is 0.692. The highest BCUT2D eigenvalue weighted by atomic mass is 19.4. The van der Waals surface area contributed by atoms with Gasteiger partial charge in [0, 0.05) is 5.56 Å². The Kier molecular flexibility index (Phi) is 5.73. The van der Waals surface area contributed by atoms with Crippen molar-refractivity contribution in [2.24, 2.45) is 0 Å². The van der Waals surface area contributed by atoms with E-state index in [-0.39, 0.29) is 23.0 Å². The van der Waals surface area contributed by atoms with Gasteiger partial charge in [-0.15, -0.1) is 0 Å². The lowest BCUT2D eigenvalue weighted by molar-refractivity contribution is -0.141. The van der Waals surface area contributed by atoms with Crippen molar-refractivity contribution in [1.82, 2.24) is 14.9 Å². The maximum atomic E-state index is 12.6. The van der Waals surface area contributed by atoms with Crippen molar-refractivity contribution < 1.29 is 27.9 Å². The van der Waals surface area contributed by atoms with Crippen molar-refractivity contribution in [3.05, 3.63) is 34.2 Å². The lowest BCUT2D eigenvalue weighted by Crippen LogP contribution is -2.40. The summed E-state index contributed by atoms with van der Waals surface area (Å²) in [5, 5.41) is 11.5. The van der Waals surface area contributed by atoms with Crippen LogP contribution in [0.3, 0.4) is 0 Å². The molecule has 2 aromatic rings. The molecule has 10 heteroatoms. The van der Waals surface area contributed by atoms with Gasteiger partial charge in [-0.25, -0.2) is 9.59 Å². The molecule has 0 radical (unpaired) electrons. The monoisotopic (exact) mass is 373 g/mol. The number of hydrogen-bond donors (Lipinski definition) is 3. The summed E-state index contributed by atoms with van der Waals surface area (Å²) in [6, 6.07) is 2.62. The number of alkyl halides is 3. The van der Waals surface area contributed by atoms with E-state index in [4.69, 9.17) is 5.11 Å². The molecule has 0 aliphatic carbocycles. The summed E-state index contributed by atoms with van der Waals surface area (Å²) < 4.78 is 38.2. The molecule has 0 saturated carbocycles. The molecule has 26 heavy (non-hydrogen) atoms. The molecule has 3 N–H and O–H groups in total. The molecule has 0 fully saturated rings. The first-order chi connectivity index (χ1) is 12.1. The summed E-state index contributed by atoms with van der Waals surface area (Å²) in [7, 11) is 0. The van der Waals surface area contributed by atoms with Gasteiger partial charge in [0.25, 0.3) is 5.91 Å². The van der Waals surface area contributed by atoms with Gasteiger partial charge in [-0.1, -0.05) is 19.8 Å². The number of aromatic amines is 1. The highest BCUT2D eigenvalue weighted by Gasteiger charge is 2.30. The first kappa shape index (κ1) is 19.5. The number of carbonyl (C=O) groups is 2. The number of amides is 1. The fraction of sp³-hybridized carbons (Fsp3) is 0.438. The molecule has 1 unspecified atom stereocenters. The van der Waals surface area contributed by atoms with E-state index in [2.05, 4.69) is 10.3 Å². The number of carbonyl (C=O) groups excluding carboxylic acids is 1. The molecular formula is C16H18F3N3O4. The number of halogens is 3. The number of carboxylic acid groups (broad SMARTS) is 1. The van der Waals surface area contributed by atoms with Crippen LogP contribution >= 0.6 is 0 Å². The lowest BCUT2D eigenvalue weighted by atomic mass is 10.1. The van der Waals surface area contributed by atoms with E-state index < -0.39 is 36.3 Å². The van der Waals surface area contributed by atoms with Crippen LogP contribution in [0.1, 0.15) is 36.5 Å². The van der Waals surface area contributed by atoms with Crippen LogP contribution in [0.15, 0.2) is 23.0 Å². The number of unbranched alkanes of at least 4 members (excludes halogenated alkanes) is 1. The second-order valence-electron chi connectivity index (χ2n) is 5.87. The van der Waals surface area contributed by atoms with Crippen molar-refractivity contribution in [3.8, 4) is 0 Å². The van der Waals surface area contributed by atoms with Crippen molar-refractivity contribution in [1.29, 1.82) is 0 Å². The summed E-state index contributed by atoms with van der Waals surface area (Å²) in [6.45, 7) is 0.437. The Morgan fingerprint density at radius 1 is 1.35 bits per heavy atom. The van der Waals surface area contributed by atoms with E-state index in [0.29, 0.717) is 11.0 Å². The average molecular weight is 373 g/mol. The van der Waals surface area contributed by atoms with Gasteiger partial charge >= 0.3 is 17.8 Å². The number of benzene rings is 1. The van der Waals surface area contributed by atoms with E-state index in [1.807, 2.05) is 6.92 Å². The van der Waals surface area contributed by atoms with Crippen LogP contribution < -0.4 is 11.0 Å². The average Bonchev–Trinajstić information content (AvgIpc) is 2.84. The highest BCUT2D eigenvalue weighted by molar-refractivity contribution is 5.99. The molecule has 0 aliphatic heterocycles. The minimum absolute atomic E-state index is 0.00430. The molecule has 0 aliphatic rings. The number of carboxylic acids is 1. The van der Waals surface area contributed by atoms with Gasteiger partial charge in [0.1, 0.15) is 12.6 Å². The standard InChI is InChI=1S/C16H18F3N3O4/c1-2-3-4-10(14(24)25)20-13(23)9-5-6-12-11(7-9)21-15(26)22(12)8-16(17,18)19/h5-7,10H,2-4,8H2,1H3,(H,20,23)(H,21,26)(H,24,25). The number of aliphatic carboxylic acids is 1. The van der Waals surface area contributed by atoms with E-state index in [1.165, 1.54) is 18.2 Å². The van der Waals surface area contributed by atoms with Crippen molar-refractivity contribution in [2.75, 3.05) is 0 Å². The molecular weight excluding hydrogens is 355 g/mol. The number of fused-ring (bicyclic) bond motifs is 1. The molecule has 7 nitrogen and oxygen atoms in total. The van der Waals surface area contributed by atoms with Crippen LogP contribution in [-0.2, 0) is 11.3 Å². The van der Waals surface area contributed by atoms with Gasteiger partial charge in [0.2, 0.25) is 0 Å². The van der Waals surface area contributed by atoms with E-state index >= 15 is 0 Å². The Bertz CT molecular complexity index is 870. The van der Waals surface area contributed by atoms with Crippen molar-refractivity contribution >= 4 is 22.9 Å². The number of rotatable bonds is 7. The van der Waals surface area contributed by atoms with E-state index in [0.717, 1.165) is 6.42 Å².